The molecule has 2 aromatic carbocycles. The van der Waals surface area contributed by atoms with E-state index in [4.69, 9.17) is 11.6 Å². The standard InChI is InChI=1S/C22H27ClN4O/c1-16-5-2-3-6-19(16)22(28)27-12-4-11-26(13-14-27)21-15-20(24-25-21)17-7-9-18(23)10-8-17/h2-3,5-10,20-21,24-25H,4,11-15H2,1H3. The van der Waals surface area contributed by atoms with Gasteiger partial charge in [0.25, 0.3) is 5.91 Å². The minimum Gasteiger partial charge on any atom is -0.337 e. The van der Waals surface area contributed by atoms with E-state index in [9.17, 15) is 4.79 Å². The molecule has 6 heteroatoms. The fourth-order valence-electron chi connectivity index (χ4n) is 4.13. The number of hydrazine groups is 1. The molecule has 2 unspecified atom stereocenters. The van der Waals surface area contributed by atoms with Crippen LogP contribution in [0, 0.1) is 6.92 Å². The van der Waals surface area contributed by atoms with Crippen molar-refractivity contribution in [3.63, 3.8) is 0 Å². The molecule has 2 saturated heterocycles. The van der Waals surface area contributed by atoms with E-state index in [1.807, 2.05) is 48.2 Å². The van der Waals surface area contributed by atoms with Gasteiger partial charge in [0.05, 0.1) is 6.17 Å². The van der Waals surface area contributed by atoms with Gasteiger partial charge in [0.15, 0.2) is 0 Å². The number of hydrogen-bond acceptors (Lipinski definition) is 4. The third kappa shape index (κ3) is 4.23. The van der Waals surface area contributed by atoms with Crippen LogP contribution in [0.5, 0.6) is 0 Å². The summed E-state index contributed by atoms with van der Waals surface area (Å²) in [6, 6.07) is 16.2. The number of rotatable bonds is 3. The molecule has 0 saturated carbocycles. The molecule has 4 rings (SSSR count). The van der Waals surface area contributed by atoms with E-state index in [2.05, 4.69) is 27.9 Å². The fourth-order valence-corrected chi connectivity index (χ4v) is 4.25. The molecule has 0 aromatic heterocycles. The van der Waals surface area contributed by atoms with Gasteiger partial charge in [0, 0.05) is 42.8 Å². The molecule has 2 aromatic rings. The van der Waals surface area contributed by atoms with E-state index in [-0.39, 0.29) is 18.1 Å². The number of nitrogens with one attached hydrogen (secondary N) is 2. The first kappa shape index (κ1) is 19.4. The van der Waals surface area contributed by atoms with E-state index in [1.54, 1.807) is 0 Å². The Hall–Kier alpha value is -1.92. The normalized spacial score (nSPS) is 23.6. The summed E-state index contributed by atoms with van der Waals surface area (Å²) >= 11 is 6.00. The Kier molecular flexibility index (Phi) is 5.97. The van der Waals surface area contributed by atoms with Gasteiger partial charge in [-0.1, -0.05) is 41.9 Å². The minimum atomic E-state index is 0.150. The highest BCUT2D eigenvalue weighted by Crippen LogP contribution is 2.25. The Balaban J connectivity index is 1.36. The zero-order valence-electron chi connectivity index (χ0n) is 16.2. The number of hydrogen-bond donors (Lipinski definition) is 2. The van der Waals surface area contributed by atoms with Crippen molar-refractivity contribution >= 4 is 17.5 Å². The fraction of sp³-hybridized carbons (Fsp3) is 0.409. The topological polar surface area (TPSA) is 47.6 Å². The minimum absolute atomic E-state index is 0.150. The maximum absolute atomic E-state index is 12.9. The van der Waals surface area contributed by atoms with Crippen molar-refractivity contribution < 1.29 is 4.79 Å². The first-order valence-electron chi connectivity index (χ1n) is 9.97. The lowest BCUT2D eigenvalue weighted by Crippen LogP contribution is -2.46. The Morgan fingerprint density at radius 1 is 1.00 bits per heavy atom. The molecule has 148 valence electrons. The largest absolute Gasteiger partial charge is 0.337 e. The van der Waals surface area contributed by atoms with Gasteiger partial charge in [-0.15, -0.1) is 0 Å². The zero-order valence-corrected chi connectivity index (χ0v) is 17.0. The molecule has 5 nitrogen and oxygen atoms in total. The van der Waals surface area contributed by atoms with Crippen LogP contribution in [0.1, 0.15) is 40.4 Å². The van der Waals surface area contributed by atoms with Crippen molar-refractivity contribution in [1.29, 1.82) is 0 Å². The number of amides is 1. The summed E-state index contributed by atoms with van der Waals surface area (Å²) in [5.41, 5.74) is 9.96. The molecule has 0 spiro atoms. The number of nitrogens with zero attached hydrogens (tertiary/aromatic N) is 2. The van der Waals surface area contributed by atoms with Gasteiger partial charge in [-0.2, -0.15) is 0 Å². The highest BCUT2D eigenvalue weighted by atomic mass is 35.5. The van der Waals surface area contributed by atoms with E-state index in [0.29, 0.717) is 0 Å². The van der Waals surface area contributed by atoms with Crippen molar-refractivity contribution in [3.8, 4) is 0 Å². The number of aryl methyl sites for hydroxylation is 1. The van der Waals surface area contributed by atoms with Crippen molar-refractivity contribution in [2.45, 2.75) is 32.0 Å². The zero-order chi connectivity index (χ0) is 19.5. The van der Waals surface area contributed by atoms with Gasteiger partial charge in [-0.05, 0) is 49.1 Å². The molecule has 2 fully saturated rings. The molecule has 2 heterocycles. The van der Waals surface area contributed by atoms with Crippen LogP contribution in [-0.4, -0.2) is 48.1 Å². The second kappa shape index (κ2) is 8.62. The molecule has 28 heavy (non-hydrogen) atoms. The van der Waals surface area contributed by atoms with E-state index in [1.165, 1.54) is 5.56 Å². The monoisotopic (exact) mass is 398 g/mol. The summed E-state index contributed by atoms with van der Waals surface area (Å²) in [6.07, 6.45) is 2.25. The van der Waals surface area contributed by atoms with E-state index < -0.39 is 0 Å². The van der Waals surface area contributed by atoms with Crippen molar-refractivity contribution in [2.75, 3.05) is 26.2 Å². The predicted octanol–water partition coefficient (Wildman–Crippen LogP) is 3.36. The van der Waals surface area contributed by atoms with E-state index >= 15 is 0 Å². The predicted molar refractivity (Wildman–Crippen MR) is 112 cm³/mol. The second-order valence-corrected chi connectivity index (χ2v) is 8.08. The molecular weight excluding hydrogens is 372 g/mol. The third-order valence-corrected chi connectivity index (χ3v) is 6.04. The molecule has 0 radical (unpaired) electrons. The average molecular weight is 399 g/mol. The Bertz CT molecular complexity index is 826. The van der Waals surface area contributed by atoms with Crippen LogP contribution in [0.3, 0.4) is 0 Å². The summed E-state index contributed by atoms with van der Waals surface area (Å²) in [6.45, 7) is 5.44. The van der Waals surface area contributed by atoms with Crippen LogP contribution in [0.2, 0.25) is 5.02 Å². The highest BCUT2D eigenvalue weighted by molar-refractivity contribution is 6.30. The van der Waals surface area contributed by atoms with Gasteiger partial charge in [-0.3, -0.25) is 9.69 Å². The quantitative estimate of drug-likeness (QED) is 0.832. The SMILES string of the molecule is Cc1ccccc1C(=O)N1CCCN(C2CC(c3ccc(Cl)cc3)NN2)CC1. The van der Waals surface area contributed by atoms with Crippen LogP contribution in [0.4, 0.5) is 0 Å². The van der Waals surface area contributed by atoms with Crippen LogP contribution < -0.4 is 10.9 Å². The number of carbonyl (C=O) groups excluding carboxylic acids is 1. The third-order valence-electron chi connectivity index (χ3n) is 5.79. The molecule has 2 atom stereocenters. The molecule has 1 amide bonds. The molecule has 2 N–H and O–H groups in total. The van der Waals surface area contributed by atoms with Gasteiger partial charge >= 0.3 is 0 Å². The first-order chi connectivity index (χ1) is 13.6. The van der Waals surface area contributed by atoms with Crippen LogP contribution in [-0.2, 0) is 0 Å². The summed E-state index contributed by atoms with van der Waals surface area (Å²) in [7, 11) is 0. The average Bonchev–Trinajstić information content (AvgIpc) is 3.06. The molecule has 2 aliphatic rings. The maximum Gasteiger partial charge on any atom is 0.254 e. The Morgan fingerprint density at radius 2 is 1.79 bits per heavy atom. The maximum atomic E-state index is 12.9. The summed E-state index contributed by atoms with van der Waals surface area (Å²) in [5.74, 6) is 0.150. The van der Waals surface area contributed by atoms with Crippen LogP contribution >= 0.6 is 11.6 Å². The summed E-state index contributed by atoms with van der Waals surface area (Å²) in [4.78, 5) is 17.4. The molecule has 2 aliphatic heterocycles. The summed E-state index contributed by atoms with van der Waals surface area (Å²) < 4.78 is 0. The molecule has 0 bridgehead atoms. The van der Waals surface area contributed by atoms with Crippen LogP contribution in [0.25, 0.3) is 0 Å². The van der Waals surface area contributed by atoms with Crippen molar-refractivity contribution in [1.82, 2.24) is 20.7 Å². The number of carbonyl (C=O) groups is 1. The molecule has 0 aliphatic carbocycles. The Labute approximate surface area is 171 Å². The molecular formula is C22H27ClN4O. The first-order valence-corrected chi connectivity index (χ1v) is 10.3. The summed E-state index contributed by atoms with van der Waals surface area (Å²) in [5, 5.41) is 0.761. The van der Waals surface area contributed by atoms with Gasteiger partial charge in [0.2, 0.25) is 0 Å². The van der Waals surface area contributed by atoms with E-state index in [0.717, 1.165) is 55.2 Å². The van der Waals surface area contributed by atoms with Gasteiger partial charge < -0.3 is 4.90 Å². The number of halogens is 1. The number of benzene rings is 2. The van der Waals surface area contributed by atoms with Crippen LogP contribution in [0.15, 0.2) is 48.5 Å². The lowest BCUT2D eigenvalue weighted by Gasteiger charge is -2.27. The van der Waals surface area contributed by atoms with Gasteiger partial charge in [0.1, 0.15) is 0 Å². The lowest BCUT2D eigenvalue weighted by atomic mass is 10.0. The van der Waals surface area contributed by atoms with Gasteiger partial charge in [-0.25, -0.2) is 10.9 Å². The lowest BCUT2D eigenvalue weighted by molar-refractivity contribution is 0.0755. The highest BCUT2D eigenvalue weighted by Gasteiger charge is 2.31. The van der Waals surface area contributed by atoms with Crippen molar-refractivity contribution in [2.24, 2.45) is 0 Å². The smallest absolute Gasteiger partial charge is 0.254 e. The van der Waals surface area contributed by atoms with Crippen molar-refractivity contribution in [3.05, 3.63) is 70.2 Å². The Morgan fingerprint density at radius 3 is 2.57 bits per heavy atom. The second-order valence-electron chi connectivity index (χ2n) is 7.64.